The number of carboxylic acid groups (broad SMARTS) is 1. The van der Waals surface area contributed by atoms with Crippen LogP contribution in [0, 0.1) is 5.41 Å². The van der Waals surface area contributed by atoms with Gasteiger partial charge in [0.1, 0.15) is 0 Å². The van der Waals surface area contributed by atoms with Crippen molar-refractivity contribution in [1.29, 1.82) is 0 Å². The van der Waals surface area contributed by atoms with Crippen LogP contribution in [0.2, 0.25) is 0 Å². The molecule has 3 aromatic carbocycles. The molecule has 1 aromatic heterocycles. The smallest absolute Gasteiger partial charge is 0.410 e. The Hall–Kier alpha value is -4.27. The molecular formula is C30H33N5O4. The number of aromatic amines is 1. The summed E-state index contributed by atoms with van der Waals surface area (Å²) < 4.78 is 5.46. The third-order valence-corrected chi connectivity index (χ3v) is 7.55. The summed E-state index contributed by atoms with van der Waals surface area (Å²) in [6, 6.07) is 20.2. The number of hydrogen-bond acceptors (Lipinski definition) is 6. The van der Waals surface area contributed by atoms with Crippen molar-refractivity contribution in [1.82, 2.24) is 25.5 Å². The number of carbonyl (C=O) groups is 2. The number of carbonyl (C=O) groups excluding carboxylic acids is 1. The summed E-state index contributed by atoms with van der Waals surface area (Å²) in [7, 11) is 0. The van der Waals surface area contributed by atoms with E-state index in [0.717, 1.165) is 52.3 Å². The fraction of sp³-hybridized carbons (Fsp3) is 0.367. The molecule has 1 fully saturated rings. The number of ether oxygens (including phenoxy) is 1. The van der Waals surface area contributed by atoms with Crippen LogP contribution in [0.5, 0.6) is 0 Å². The molecule has 9 heteroatoms. The molecule has 202 valence electrons. The molecule has 0 radical (unpaired) electrons. The van der Waals surface area contributed by atoms with Crippen LogP contribution in [-0.4, -0.2) is 55.8 Å². The van der Waals surface area contributed by atoms with Crippen molar-refractivity contribution in [2.75, 3.05) is 13.2 Å². The Morgan fingerprint density at radius 3 is 2.46 bits per heavy atom. The lowest BCUT2D eigenvalue weighted by atomic mass is 9.73. The highest BCUT2D eigenvalue weighted by Crippen LogP contribution is 2.38. The van der Waals surface area contributed by atoms with Crippen LogP contribution in [0.1, 0.15) is 51.0 Å². The second-order valence-electron chi connectivity index (χ2n) is 10.3. The summed E-state index contributed by atoms with van der Waals surface area (Å²) in [5, 5.41) is 26.7. The standard InChI is InChI=1S/C30H33N5O4/c1-2-16-39-29(38)35(20-30(28(36)37)14-6-3-7-15-30)19-21-10-11-23-18-24(13-12-22(23)17-21)25-8-4-5-9-26(25)27-31-33-34-32-27/h4-5,8-13,17-18H,2-3,6-7,14-16,19-20H2,1H3,(H,36,37)(H,31,32,33,34). The lowest BCUT2D eigenvalue weighted by molar-refractivity contribution is -0.152. The van der Waals surface area contributed by atoms with Gasteiger partial charge in [-0.05, 0) is 64.1 Å². The van der Waals surface area contributed by atoms with Crippen molar-refractivity contribution in [2.24, 2.45) is 5.41 Å². The van der Waals surface area contributed by atoms with Gasteiger partial charge in [0.15, 0.2) is 0 Å². The Morgan fingerprint density at radius 2 is 1.74 bits per heavy atom. The van der Waals surface area contributed by atoms with Gasteiger partial charge < -0.3 is 14.7 Å². The molecule has 5 rings (SSSR count). The average Bonchev–Trinajstić information content (AvgIpc) is 3.51. The highest BCUT2D eigenvalue weighted by atomic mass is 16.6. The SMILES string of the molecule is CCCOC(=O)N(Cc1ccc2cc(-c3ccccc3-c3nn[nH]n3)ccc2c1)CC1(C(=O)O)CCCCC1. The van der Waals surface area contributed by atoms with Crippen molar-refractivity contribution in [2.45, 2.75) is 52.0 Å². The molecule has 1 heterocycles. The van der Waals surface area contributed by atoms with Crippen LogP contribution >= 0.6 is 0 Å². The molecule has 1 aliphatic carbocycles. The van der Waals surface area contributed by atoms with Gasteiger partial charge in [0.05, 0.1) is 12.0 Å². The molecule has 4 aromatic rings. The number of tetrazole rings is 1. The number of H-pyrrole nitrogens is 1. The van der Waals surface area contributed by atoms with E-state index in [0.29, 0.717) is 31.7 Å². The lowest BCUT2D eigenvalue weighted by Crippen LogP contribution is -2.46. The van der Waals surface area contributed by atoms with Gasteiger partial charge in [0, 0.05) is 18.7 Å². The van der Waals surface area contributed by atoms with Gasteiger partial charge in [0.2, 0.25) is 5.82 Å². The first-order chi connectivity index (χ1) is 19.0. The van der Waals surface area contributed by atoms with E-state index in [4.69, 9.17) is 4.74 Å². The van der Waals surface area contributed by atoms with Gasteiger partial charge in [-0.25, -0.2) is 4.79 Å². The summed E-state index contributed by atoms with van der Waals surface area (Å²) in [5.74, 6) is -0.296. The minimum atomic E-state index is -0.929. The van der Waals surface area contributed by atoms with Gasteiger partial charge in [-0.3, -0.25) is 4.79 Å². The molecule has 0 saturated heterocycles. The molecule has 0 atom stereocenters. The number of benzene rings is 3. The van der Waals surface area contributed by atoms with Crippen LogP contribution in [0.25, 0.3) is 33.3 Å². The summed E-state index contributed by atoms with van der Waals surface area (Å²) in [6.07, 6.45) is 4.14. The van der Waals surface area contributed by atoms with Crippen molar-refractivity contribution < 1.29 is 19.4 Å². The zero-order chi connectivity index (χ0) is 27.2. The van der Waals surface area contributed by atoms with Crippen LogP contribution in [-0.2, 0) is 16.1 Å². The van der Waals surface area contributed by atoms with Crippen LogP contribution in [0.3, 0.4) is 0 Å². The Balaban J connectivity index is 1.42. The van der Waals surface area contributed by atoms with Gasteiger partial charge in [0.25, 0.3) is 0 Å². The Labute approximate surface area is 227 Å². The minimum absolute atomic E-state index is 0.148. The fourth-order valence-electron chi connectivity index (χ4n) is 5.49. The highest BCUT2D eigenvalue weighted by molar-refractivity contribution is 5.90. The van der Waals surface area contributed by atoms with Gasteiger partial charge in [-0.1, -0.05) is 74.7 Å². The number of aromatic nitrogens is 4. The van der Waals surface area contributed by atoms with Crippen molar-refractivity contribution in [3.05, 3.63) is 66.2 Å². The average molecular weight is 528 g/mol. The number of nitrogens with one attached hydrogen (secondary N) is 1. The molecule has 1 aliphatic rings. The monoisotopic (exact) mass is 527 g/mol. The largest absolute Gasteiger partial charge is 0.481 e. The Morgan fingerprint density at radius 1 is 1.00 bits per heavy atom. The second-order valence-corrected chi connectivity index (χ2v) is 10.3. The van der Waals surface area contributed by atoms with Crippen molar-refractivity contribution >= 4 is 22.8 Å². The number of amides is 1. The van der Waals surface area contributed by atoms with E-state index in [-0.39, 0.29) is 13.1 Å². The predicted molar refractivity (Wildman–Crippen MR) is 148 cm³/mol. The molecule has 0 unspecified atom stereocenters. The normalized spacial score (nSPS) is 14.7. The first-order valence-electron chi connectivity index (χ1n) is 13.5. The quantitative estimate of drug-likeness (QED) is 0.271. The maximum Gasteiger partial charge on any atom is 0.410 e. The number of hydrogen-bond donors (Lipinski definition) is 2. The number of fused-ring (bicyclic) bond motifs is 1. The maximum atomic E-state index is 13.0. The summed E-state index contributed by atoms with van der Waals surface area (Å²) >= 11 is 0. The maximum absolute atomic E-state index is 13.0. The van der Waals surface area contributed by atoms with E-state index in [9.17, 15) is 14.7 Å². The van der Waals surface area contributed by atoms with Gasteiger partial charge >= 0.3 is 12.1 Å². The third kappa shape index (κ3) is 5.77. The van der Waals surface area contributed by atoms with E-state index < -0.39 is 17.5 Å². The molecule has 39 heavy (non-hydrogen) atoms. The number of nitrogens with zero attached hydrogens (tertiary/aromatic N) is 4. The third-order valence-electron chi connectivity index (χ3n) is 7.55. The molecule has 2 N–H and O–H groups in total. The van der Waals surface area contributed by atoms with Gasteiger partial charge in [-0.2, -0.15) is 5.21 Å². The van der Waals surface area contributed by atoms with Crippen molar-refractivity contribution in [3.8, 4) is 22.5 Å². The summed E-state index contributed by atoms with van der Waals surface area (Å²) in [5.41, 5.74) is 2.91. The second kappa shape index (κ2) is 11.6. The van der Waals surface area contributed by atoms with E-state index >= 15 is 0 Å². The summed E-state index contributed by atoms with van der Waals surface area (Å²) in [4.78, 5) is 26.9. The Kier molecular flexibility index (Phi) is 7.86. The van der Waals surface area contributed by atoms with E-state index in [1.807, 2.05) is 43.3 Å². The molecular weight excluding hydrogens is 494 g/mol. The molecule has 1 saturated carbocycles. The first-order valence-corrected chi connectivity index (χ1v) is 13.5. The summed E-state index contributed by atoms with van der Waals surface area (Å²) in [6.45, 7) is 2.68. The number of rotatable bonds is 9. The zero-order valence-electron chi connectivity index (χ0n) is 22.1. The molecule has 0 aliphatic heterocycles. The number of aliphatic carboxylic acids is 1. The van der Waals surface area contributed by atoms with E-state index in [2.05, 4.69) is 44.9 Å². The van der Waals surface area contributed by atoms with Crippen LogP contribution in [0.15, 0.2) is 60.7 Å². The van der Waals surface area contributed by atoms with E-state index in [1.165, 1.54) is 0 Å². The van der Waals surface area contributed by atoms with Crippen molar-refractivity contribution in [3.63, 3.8) is 0 Å². The molecule has 1 amide bonds. The first kappa shape index (κ1) is 26.3. The number of carboxylic acids is 1. The van der Waals surface area contributed by atoms with Crippen LogP contribution < -0.4 is 0 Å². The van der Waals surface area contributed by atoms with E-state index in [1.54, 1.807) is 4.90 Å². The minimum Gasteiger partial charge on any atom is -0.481 e. The van der Waals surface area contributed by atoms with Gasteiger partial charge in [-0.15, -0.1) is 10.2 Å². The lowest BCUT2D eigenvalue weighted by Gasteiger charge is -2.37. The highest BCUT2D eigenvalue weighted by Gasteiger charge is 2.42. The molecule has 9 nitrogen and oxygen atoms in total. The predicted octanol–water partition coefficient (Wildman–Crippen LogP) is 6.07. The topological polar surface area (TPSA) is 121 Å². The molecule has 0 bridgehead atoms. The zero-order valence-corrected chi connectivity index (χ0v) is 22.1. The Bertz CT molecular complexity index is 1450. The van der Waals surface area contributed by atoms with Crippen LogP contribution in [0.4, 0.5) is 4.79 Å². The fourth-order valence-corrected chi connectivity index (χ4v) is 5.49. The molecule has 0 spiro atoms.